The SMILES string of the molecule is CCOc1ccc(C(=O)[C@H](C)OC(=O)c2cnc(C)cn2)cc1. The van der Waals surface area contributed by atoms with Crippen LogP contribution >= 0.6 is 0 Å². The molecule has 2 rings (SSSR count). The van der Waals surface area contributed by atoms with Crippen molar-refractivity contribution in [3.05, 3.63) is 53.6 Å². The molecule has 6 heteroatoms. The lowest BCUT2D eigenvalue weighted by Gasteiger charge is -2.12. The van der Waals surface area contributed by atoms with Gasteiger partial charge >= 0.3 is 5.97 Å². The molecular formula is C17H18N2O4. The average Bonchev–Trinajstić information content (AvgIpc) is 2.55. The lowest BCUT2D eigenvalue weighted by atomic mass is 10.1. The van der Waals surface area contributed by atoms with Crippen molar-refractivity contribution >= 4 is 11.8 Å². The fraction of sp³-hybridized carbons (Fsp3) is 0.294. The topological polar surface area (TPSA) is 78.4 Å². The van der Waals surface area contributed by atoms with Gasteiger partial charge in [-0.3, -0.25) is 9.78 Å². The van der Waals surface area contributed by atoms with Gasteiger partial charge in [0.1, 0.15) is 5.75 Å². The van der Waals surface area contributed by atoms with Crippen LogP contribution in [0.25, 0.3) is 0 Å². The monoisotopic (exact) mass is 314 g/mol. The second-order valence-corrected chi connectivity index (χ2v) is 4.91. The zero-order valence-electron chi connectivity index (χ0n) is 13.3. The van der Waals surface area contributed by atoms with E-state index in [0.29, 0.717) is 23.6 Å². The summed E-state index contributed by atoms with van der Waals surface area (Å²) in [6, 6.07) is 6.69. The molecular weight excluding hydrogens is 296 g/mol. The predicted molar refractivity (Wildman–Crippen MR) is 83.6 cm³/mol. The summed E-state index contributed by atoms with van der Waals surface area (Å²) < 4.78 is 10.5. The van der Waals surface area contributed by atoms with Gasteiger partial charge in [0.15, 0.2) is 11.8 Å². The molecule has 0 radical (unpaired) electrons. The van der Waals surface area contributed by atoms with E-state index in [-0.39, 0.29) is 11.5 Å². The van der Waals surface area contributed by atoms with Crippen molar-refractivity contribution < 1.29 is 19.1 Å². The smallest absolute Gasteiger partial charge is 0.359 e. The summed E-state index contributed by atoms with van der Waals surface area (Å²) in [5.41, 5.74) is 1.21. The number of esters is 1. The number of hydrogen-bond donors (Lipinski definition) is 0. The molecule has 0 aliphatic rings. The molecule has 0 bridgehead atoms. The van der Waals surface area contributed by atoms with Crippen LogP contribution in [0.4, 0.5) is 0 Å². The molecule has 1 aromatic carbocycles. The molecule has 1 heterocycles. The van der Waals surface area contributed by atoms with Gasteiger partial charge in [-0.2, -0.15) is 0 Å². The molecule has 23 heavy (non-hydrogen) atoms. The first-order valence-electron chi connectivity index (χ1n) is 7.28. The van der Waals surface area contributed by atoms with Crippen molar-refractivity contribution in [1.29, 1.82) is 0 Å². The fourth-order valence-corrected chi connectivity index (χ4v) is 1.89. The number of aromatic nitrogens is 2. The van der Waals surface area contributed by atoms with Gasteiger partial charge in [0.05, 0.1) is 18.5 Å². The van der Waals surface area contributed by atoms with E-state index in [4.69, 9.17) is 9.47 Å². The molecule has 0 saturated carbocycles. The molecule has 6 nitrogen and oxygen atoms in total. The van der Waals surface area contributed by atoms with E-state index in [2.05, 4.69) is 9.97 Å². The van der Waals surface area contributed by atoms with Crippen molar-refractivity contribution in [1.82, 2.24) is 9.97 Å². The molecule has 1 aromatic heterocycles. The van der Waals surface area contributed by atoms with Crippen LogP contribution in [0, 0.1) is 6.92 Å². The maximum atomic E-state index is 12.3. The van der Waals surface area contributed by atoms with Crippen LogP contribution in [0.3, 0.4) is 0 Å². The van der Waals surface area contributed by atoms with Gasteiger partial charge in [0.2, 0.25) is 5.78 Å². The number of ether oxygens (including phenoxy) is 2. The zero-order valence-corrected chi connectivity index (χ0v) is 13.3. The largest absolute Gasteiger partial charge is 0.494 e. The number of carbonyl (C=O) groups is 2. The second kappa shape index (κ2) is 7.49. The third kappa shape index (κ3) is 4.35. The maximum absolute atomic E-state index is 12.3. The van der Waals surface area contributed by atoms with Gasteiger partial charge in [-0.1, -0.05) is 0 Å². The molecule has 0 unspecified atom stereocenters. The van der Waals surface area contributed by atoms with E-state index in [1.807, 2.05) is 6.92 Å². The van der Waals surface area contributed by atoms with Crippen LogP contribution in [0.2, 0.25) is 0 Å². The number of hydrogen-bond acceptors (Lipinski definition) is 6. The van der Waals surface area contributed by atoms with Crippen molar-refractivity contribution in [2.45, 2.75) is 26.9 Å². The summed E-state index contributed by atoms with van der Waals surface area (Å²) in [6.45, 7) is 5.73. The Kier molecular flexibility index (Phi) is 5.41. The van der Waals surface area contributed by atoms with Gasteiger partial charge in [-0.15, -0.1) is 0 Å². The standard InChI is InChI=1S/C17H18N2O4/c1-4-22-14-7-5-13(6-8-14)16(20)12(3)23-17(21)15-10-18-11(2)9-19-15/h5-10,12H,4H2,1-3H3/t12-/m0/s1. The Balaban J connectivity index is 2.01. The number of Topliss-reactive ketones (excluding diaryl/α,β-unsaturated/α-hetero) is 1. The number of nitrogens with zero attached hydrogens (tertiary/aromatic N) is 2. The molecule has 0 saturated heterocycles. The zero-order chi connectivity index (χ0) is 16.8. The van der Waals surface area contributed by atoms with Crippen LogP contribution in [-0.2, 0) is 4.74 Å². The van der Waals surface area contributed by atoms with Crippen LogP contribution in [0.15, 0.2) is 36.7 Å². The Bertz CT molecular complexity index is 681. The molecule has 0 amide bonds. The Morgan fingerprint density at radius 1 is 1.13 bits per heavy atom. The Morgan fingerprint density at radius 3 is 2.39 bits per heavy atom. The normalized spacial score (nSPS) is 11.6. The summed E-state index contributed by atoms with van der Waals surface area (Å²) >= 11 is 0. The first kappa shape index (κ1) is 16.6. The van der Waals surface area contributed by atoms with E-state index in [1.165, 1.54) is 19.3 Å². The highest BCUT2D eigenvalue weighted by molar-refractivity contribution is 6.01. The molecule has 0 aliphatic heterocycles. The highest BCUT2D eigenvalue weighted by Crippen LogP contribution is 2.15. The van der Waals surface area contributed by atoms with Gasteiger partial charge < -0.3 is 9.47 Å². The molecule has 1 atom stereocenters. The van der Waals surface area contributed by atoms with E-state index in [1.54, 1.807) is 31.2 Å². The van der Waals surface area contributed by atoms with Crippen LogP contribution in [0.1, 0.15) is 40.4 Å². The molecule has 0 N–H and O–H groups in total. The van der Waals surface area contributed by atoms with Gasteiger partial charge in [0.25, 0.3) is 0 Å². The number of rotatable bonds is 6. The van der Waals surface area contributed by atoms with Gasteiger partial charge in [-0.25, -0.2) is 9.78 Å². The number of ketones is 1. The van der Waals surface area contributed by atoms with Gasteiger partial charge in [-0.05, 0) is 45.0 Å². The van der Waals surface area contributed by atoms with E-state index < -0.39 is 12.1 Å². The molecule has 0 spiro atoms. The van der Waals surface area contributed by atoms with Crippen molar-refractivity contribution in [2.75, 3.05) is 6.61 Å². The first-order valence-corrected chi connectivity index (χ1v) is 7.28. The van der Waals surface area contributed by atoms with E-state index in [0.717, 1.165) is 0 Å². The Morgan fingerprint density at radius 2 is 1.83 bits per heavy atom. The molecule has 120 valence electrons. The van der Waals surface area contributed by atoms with Gasteiger partial charge in [0, 0.05) is 11.8 Å². The Labute approximate surface area is 134 Å². The summed E-state index contributed by atoms with van der Waals surface area (Å²) in [4.78, 5) is 32.1. The third-order valence-corrected chi connectivity index (χ3v) is 3.09. The van der Waals surface area contributed by atoms with Crippen LogP contribution in [0.5, 0.6) is 5.75 Å². The first-order chi connectivity index (χ1) is 11.0. The highest BCUT2D eigenvalue weighted by atomic mass is 16.5. The van der Waals surface area contributed by atoms with Crippen LogP contribution < -0.4 is 4.74 Å². The summed E-state index contributed by atoms with van der Waals surface area (Å²) in [6.07, 6.45) is 1.88. The third-order valence-electron chi connectivity index (χ3n) is 3.09. The minimum absolute atomic E-state index is 0.0712. The summed E-state index contributed by atoms with van der Waals surface area (Å²) in [5, 5.41) is 0. The minimum Gasteiger partial charge on any atom is -0.494 e. The van der Waals surface area contributed by atoms with Crippen molar-refractivity contribution in [2.24, 2.45) is 0 Å². The quantitative estimate of drug-likeness (QED) is 0.602. The fourth-order valence-electron chi connectivity index (χ4n) is 1.89. The predicted octanol–water partition coefficient (Wildman–Crippen LogP) is 2.61. The number of carbonyl (C=O) groups excluding carboxylic acids is 2. The van der Waals surface area contributed by atoms with E-state index in [9.17, 15) is 9.59 Å². The maximum Gasteiger partial charge on any atom is 0.359 e. The molecule has 2 aromatic rings. The number of aryl methyl sites for hydroxylation is 1. The Hall–Kier alpha value is -2.76. The minimum atomic E-state index is -0.913. The lowest BCUT2D eigenvalue weighted by molar-refractivity contribution is 0.0312. The molecule has 0 aliphatic carbocycles. The summed E-state index contributed by atoms with van der Waals surface area (Å²) in [7, 11) is 0. The lowest BCUT2D eigenvalue weighted by Crippen LogP contribution is -2.25. The second-order valence-electron chi connectivity index (χ2n) is 4.91. The number of benzene rings is 1. The summed E-state index contributed by atoms with van der Waals surface area (Å²) in [5.74, 6) is -0.283. The molecule has 0 fully saturated rings. The van der Waals surface area contributed by atoms with Crippen molar-refractivity contribution in [3.8, 4) is 5.75 Å². The van der Waals surface area contributed by atoms with Crippen molar-refractivity contribution in [3.63, 3.8) is 0 Å². The van der Waals surface area contributed by atoms with E-state index >= 15 is 0 Å². The average molecular weight is 314 g/mol. The highest BCUT2D eigenvalue weighted by Gasteiger charge is 2.21. The van der Waals surface area contributed by atoms with Crippen LogP contribution in [-0.4, -0.2) is 34.4 Å².